The maximum Gasteiger partial charge on any atom is 0.227 e. The van der Waals surface area contributed by atoms with Crippen molar-refractivity contribution < 1.29 is 17.6 Å². The number of hydrogen-bond acceptors (Lipinski definition) is 3. The zero-order chi connectivity index (χ0) is 15.1. The van der Waals surface area contributed by atoms with Gasteiger partial charge in [0, 0.05) is 23.4 Å². The standard InChI is InChI=1S/C12H14BrFN2O3S/c1-7-2-9(14)4-10(13)12(7)16-5-8(3-11(16)17)6-20(15,18)19/h2,4,8H,3,5-6H2,1H3,(H2,15,18,19). The highest BCUT2D eigenvalue weighted by Gasteiger charge is 2.34. The minimum atomic E-state index is -3.61. The molecule has 1 aromatic rings. The smallest absolute Gasteiger partial charge is 0.227 e. The molecule has 1 atom stereocenters. The van der Waals surface area contributed by atoms with Crippen molar-refractivity contribution in [3.05, 3.63) is 28.0 Å². The molecule has 0 aliphatic carbocycles. The lowest BCUT2D eigenvalue weighted by atomic mass is 10.1. The van der Waals surface area contributed by atoms with Gasteiger partial charge in [0.25, 0.3) is 0 Å². The highest BCUT2D eigenvalue weighted by atomic mass is 79.9. The highest BCUT2D eigenvalue weighted by Crippen LogP contribution is 2.35. The third kappa shape index (κ3) is 3.36. The van der Waals surface area contributed by atoms with Crippen LogP contribution < -0.4 is 10.0 Å². The normalized spacial score (nSPS) is 19.7. The molecule has 110 valence electrons. The molecule has 5 nitrogen and oxygen atoms in total. The van der Waals surface area contributed by atoms with E-state index < -0.39 is 15.8 Å². The molecule has 1 aliphatic rings. The first kappa shape index (κ1) is 15.4. The number of amides is 1. The van der Waals surface area contributed by atoms with Gasteiger partial charge in [0.05, 0.1) is 11.4 Å². The molecule has 1 unspecified atom stereocenters. The molecule has 1 saturated heterocycles. The van der Waals surface area contributed by atoms with E-state index in [-0.39, 0.29) is 30.5 Å². The van der Waals surface area contributed by atoms with Gasteiger partial charge in [0.2, 0.25) is 15.9 Å². The molecule has 0 aromatic heterocycles. The summed E-state index contributed by atoms with van der Waals surface area (Å²) in [4.78, 5) is 13.5. The van der Waals surface area contributed by atoms with Crippen LogP contribution >= 0.6 is 15.9 Å². The lowest BCUT2D eigenvalue weighted by molar-refractivity contribution is -0.117. The van der Waals surface area contributed by atoms with Gasteiger partial charge < -0.3 is 4.90 Å². The summed E-state index contributed by atoms with van der Waals surface area (Å²) in [5, 5.41) is 5.01. The average molecular weight is 365 g/mol. The van der Waals surface area contributed by atoms with Gasteiger partial charge in [0.15, 0.2) is 0 Å². The van der Waals surface area contributed by atoms with Crippen molar-refractivity contribution in [1.82, 2.24) is 0 Å². The van der Waals surface area contributed by atoms with Crippen molar-refractivity contribution in [2.45, 2.75) is 13.3 Å². The summed E-state index contributed by atoms with van der Waals surface area (Å²) in [7, 11) is -3.61. The number of rotatable bonds is 3. The molecule has 1 aliphatic heterocycles. The Hall–Kier alpha value is -0.990. The number of aryl methyl sites for hydroxylation is 1. The number of carbonyl (C=O) groups is 1. The number of anilines is 1. The van der Waals surface area contributed by atoms with Crippen LogP contribution in [0.25, 0.3) is 0 Å². The van der Waals surface area contributed by atoms with E-state index in [4.69, 9.17) is 5.14 Å². The number of primary sulfonamides is 1. The maximum atomic E-state index is 13.3. The monoisotopic (exact) mass is 364 g/mol. The molecule has 0 saturated carbocycles. The van der Waals surface area contributed by atoms with Gasteiger partial charge in [-0.25, -0.2) is 17.9 Å². The molecule has 2 rings (SSSR count). The van der Waals surface area contributed by atoms with Crippen LogP contribution in [0.15, 0.2) is 16.6 Å². The van der Waals surface area contributed by atoms with E-state index in [1.807, 2.05) is 0 Å². The van der Waals surface area contributed by atoms with Crippen molar-refractivity contribution in [2.24, 2.45) is 11.1 Å². The molecule has 0 bridgehead atoms. The molecule has 2 N–H and O–H groups in total. The molecule has 20 heavy (non-hydrogen) atoms. The molecular weight excluding hydrogens is 351 g/mol. The van der Waals surface area contributed by atoms with Gasteiger partial charge in [-0.2, -0.15) is 0 Å². The Morgan fingerprint density at radius 1 is 1.50 bits per heavy atom. The average Bonchev–Trinajstić information content (AvgIpc) is 2.55. The highest BCUT2D eigenvalue weighted by molar-refractivity contribution is 9.10. The molecule has 1 heterocycles. The van der Waals surface area contributed by atoms with E-state index in [2.05, 4.69) is 15.9 Å². The minimum absolute atomic E-state index is 0.125. The first-order valence-electron chi connectivity index (χ1n) is 5.94. The van der Waals surface area contributed by atoms with E-state index in [0.29, 0.717) is 15.7 Å². The van der Waals surface area contributed by atoms with Gasteiger partial charge in [-0.1, -0.05) is 0 Å². The molecule has 8 heteroatoms. The predicted octanol–water partition coefficient (Wildman–Crippen LogP) is 1.54. The number of carbonyl (C=O) groups excluding carboxylic acids is 1. The second-order valence-electron chi connectivity index (χ2n) is 4.96. The van der Waals surface area contributed by atoms with Crippen LogP contribution in [0.3, 0.4) is 0 Å². The van der Waals surface area contributed by atoms with Crippen LogP contribution in [0.1, 0.15) is 12.0 Å². The SMILES string of the molecule is Cc1cc(F)cc(Br)c1N1CC(CS(N)(=O)=O)CC1=O. The fourth-order valence-electron chi connectivity index (χ4n) is 2.47. The Morgan fingerprint density at radius 3 is 2.70 bits per heavy atom. The van der Waals surface area contributed by atoms with E-state index in [1.165, 1.54) is 17.0 Å². The largest absolute Gasteiger partial charge is 0.311 e. The summed E-state index contributed by atoms with van der Waals surface area (Å²) < 4.78 is 35.9. The van der Waals surface area contributed by atoms with E-state index >= 15 is 0 Å². The van der Waals surface area contributed by atoms with Gasteiger partial charge in [-0.05, 0) is 40.5 Å². The summed E-state index contributed by atoms with van der Waals surface area (Å²) >= 11 is 3.24. The van der Waals surface area contributed by atoms with Gasteiger partial charge >= 0.3 is 0 Å². The number of nitrogens with zero attached hydrogens (tertiary/aromatic N) is 1. The molecule has 1 fully saturated rings. The molecule has 0 spiro atoms. The Bertz CT molecular complexity index is 640. The van der Waals surface area contributed by atoms with Crippen LogP contribution in [0.5, 0.6) is 0 Å². The number of sulfonamides is 1. The minimum Gasteiger partial charge on any atom is -0.311 e. The summed E-state index contributed by atoms with van der Waals surface area (Å²) in [5.41, 5.74) is 1.19. The van der Waals surface area contributed by atoms with Gasteiger partial charge in [0.1, 0.15) is 5.82 Å². The van der Waals surface area contributed by atoms with Crippen LogP contribution in [-0.2, 0) is 14.8 Å². The zero-order valence-electron chi connectivity index (χ0n) is 10.8. The number of benzene rings is 1. The lowest BCUT2D eigenvalue weighted by Gasteiger charge is -2.21. The van der Waals surface area contributed by atoms with E-state index in [0.717, 1.165) is 0 Å². The number of halogens is 2. The van der Waals surface area contributed by atoms with Gasteiger partial charge in [-0.15, -0.1) is 0 Å². The Labute approximate surface area is 125 Å². The maximum absolute atomic E-state index is 13.3. The Morgan fingerprint density at radius 2 is 2.15 bits per heavy atom. The summed E-state index contributed by atoms with van der Waals surface area (Å²) in [6, 6.07) is 2.61. The summed E-state index contributed by atoms with van der Waals surface area (Å²) in [6.45, 7) is 1.96. The van der Waals surface area contributed by atoms with Crippen LogP contribution in [0.2, 0.25) is 0 Å². The Kier molecular flexibility index (Phi) is 4.17. The zero-order valence-corrected chi connectivity index (χ0v) is 13.2. The molecule has 1 amide bonds. The van der Waals surface area contributed by atoms with Crippen molar-refractivity contribution in [1.29, 1.82) is 0 Å². The first-order chi connectivity index (χ1) is 9.17. The quantitative estimate of drug-likeness (QED) is 0.882. The second-order valence-corrected chi connectivity index (χ2v) is 7.47. The van der Waals surface area contributed by atoms with Crippen LogP contribution in [0.4, 0.5) is 10.1 Å². The van der Waals surface area contributed by atoms with Crippen molar-refractivity contribution >= 4 is 37.5 Å². The van der Waals surface area contributed by atoms with Gasteiger partial charge in [-0.3, -0.25) is 4.79 Å². The molecule has 0 radical (unpaired) electrons. The first-order valence-corrected chi connectivity index (χ1v) is 8.44. The Balaban J connectivity index is 2.29. The molecule has 1 aromatic carbocycles. The van der Waals surface area contributed by atoms with E-state index in [9.17, 15) is 17.6 Å². The summed E-state index contributed by atoms with van der Waals surface area (Å²) in [6.07, 6.45) is 0.125. The van der Waals surface area contributed by atoms with E-state index in [1.54, 1.807) is 6.92 Å². The summed E-state index contributed by atoms with van der Waals surface area (Å²) in [5.74, 6) is -1.15. The fourth-order valence-corrected chi connectivity index (χ4v) is 4.10. The molecular formula is C12H14BrFN2O3S. The van der Waals surface area contributed by atoms with Crippen molar-refractivity contribution in [3.8, 4) is 0 Å². The van der Waals surface area contributed by atoms with Crippen LogP contribution in [-0.4, -0.2) is 26.6 Å². The number of nitrogens with two attached hydrogens (primary N) is 1. The third-order valence-electron chi connectivity index (χ3n) is 3.16. The number of hydrogen-bond donors (Lipinski definition) is 1. The fraction of sp³-hybridized carbons (Fsp3) is 0.417. The third-order valence-corrected chi connectivity index (χ3v) is 4.70. The predicted molar refractivity (Wildman–Crippen MR) is 77.3 cm³/mol. The van der Waals surface area contributed by atoms with Crippen molar-refractivity contribution in [3.63, 3.8) is 0 Å². The lowest BCUT2D eigenvalue weighted by Crippen LogP contribution is -2.28. The second kappa shape index (κ2) is 5.42. The topological polar surface area (TPSA) is 80.5 Å². The van der Waals surface area contributed by atoms with Crippen LogP contribution in [0, 0.1) is 18.7 Å². The van der Waals surface area contributed by atoms with Crippen molar-refractivity contribution in [2.75, 3.05) is 17.2 Å².